The van der Waals surface area contributed by atoms with Crippen molar-refractivity contribution in [1.29, 1.82) is 0 Å². The minimum absolute atomic E-state index is 0.186. The molecule has 1 spiro atoms. The summed E-state index contributed by atoms with van der Waals surface area (Å²) >= 11 is 3.50. The highest BCUT2D eigenvalue weighted by molar-refractivity contribution is 9.10. The molecule has 1 aromatic carbocycles. The molecule has 0 amide bonds. The summed E-state index contributed by atoms with van der Waals surface area (Å²) < 4.78 is -0.475. The molecule has 0 aromatic heterocycles. The number of ketones is 1. The van der Waals surface area contributed by atoms with Crippen LogP contribution in [0.25, 0.3) is 0 Å². The first-order chi connectivity index (χ1) is 10.4. The van der Waals surface area contributed by atoms with Crippen molar-refractivity contribution in [1.82, 2.24) is 0 Å². The molecule has 0 aliphatic heterocycles. The third-order valence-corrected chi connectivity index (χ3v) is 6.35. The van der Waals surface area contributed by atoms with E-state index in [1.54, 1.807) is 5.56 Å². The van der Waals surface area contributed by atoms with Gasteiger partial charge in [-0.3, -0.25) is 4.79 Å². The Kier molecular flexibility index (Phi) is 4.26. The van der Waals surface area contributed by atoms with Gasteiger partial charge in [-0.25, -0.2) is 0 Å². The summed E-state index contributed by atoms with van der Waals surface area (Å²) in [5, 5.41) is 0. The quantitative estimate of drug-likeness (QED) is 0.488. The number of halogens is 1. The Morgan fingerprint density at radius 2 is 1.95 bits per heavy atom. The lowest BCUT2D eigenvalue weighted by molar-refractivity contribution is 0.0961. The zero-order chi connectivity index (χ0) is 16.0. The summed E-state index contributed by atoms with van der Waals surface area (Å²) in [5.74, 6) is 1.12. The maximum absolute atomic E-state index is 12.5. The van der Waals surface area contributed by atoms with Crippen LogP contribution in [0.1, 0.15) is 80.8 Å². The first-order valence-corrected chi connectivity index (χ1v) is 9.52. The van der Waals surface area contributed by atoms with Crippen LogP contribution in [0.15, 0.2) is 18.2 Å². The van der Waals surface area contributed by atoms with E-state index in [1.165, 1.54) is 44.1 Å². The Bertz CT molecular complexity index is 574. The van der Waals surface area contributed by atoms with Crippen LogP contribution in [0.2, 0.25) is 0 Å². The number of Topliss-reactive ketones (excluding diaryl/α,β-unsaturated/α-hetero) is 1. The van der Waals surface area contributed by atoms with Gasteiger partial charge < -0.3 is 0 Å². The third kappa shape index (κ3) is 2.79. The summed E-state index contributed by atoms with van der Waals surface area (Å²) in [6, 6.07) is 6.49. The van der Waals surface area contributed by atoms with E-state index in [4.69, 9.17) is 0 Å². The second kappa shape index (κ2) is 5.78. The van der Waals surface area contributed by atoms with Crippen LogP contribution in [-0.2, 0) is 11.8 Å². The lowest BCUT2D eigenvalue weighted by Crippen LogP contribution is -2.29. The van der Waals surface area contributed by atoms with Gasteiger partial charge in [-0.1, -0.05) is 41.4 Å². The molecule has 0 unspecified atom stereocenters. The molecular formula is C20H27BrO. The molecule has 1 saturated carbocycles. The number of carbonyl (C=O) groups excluding carboxylic acids is 1. The fourth-order valence-electron chi connectivity index (χ4n) is 4.47. The standard InChI is InChI=1S/C20H27BrO/c1-4-14-7-10-20(11-8-14)12-9-15-13-16(5-6-17(15)20)18(22)19(2,3)21/h5-6,13-14H,4,7-12H2,1-3H3. The Morgan fingerprint density at radius 1 is 1.27 bits per heavy atom. The summed E-state index contributed by atoms with van der Waals surface area (Å²) in [6.45, 7) is 6.18. The molecule has 1 fully saturated rings. The van der Waals surface area contributed by atoms with Crippen LogP contribution in [0.3, 0.4) is 0 Å². The van der Waals surface area contributed by atoms with Gasteiger partial charge in [0.2, 0.25) is 0 Å². The van der Waals surface area contributed by atoms with E-state index in [0.717, 1.165) is 17.9 Å². The molecule has 120 valence electrons. The highest BCUT2D eigenvalue weighted by Crippen LogP contribution is 2.50. The van der Waals surface area contributed by atoms with Crippen molar-refractivity contribution in [2.75, 3.05) is 0 Å². The molecule has 0 heterocycles. The van der Waals surface area contributed by atoms with E-state index < -0.39 is 4.32 Å². The first-order valence-electron chi connectivity index (χ1n) is 8.73. The Hall–Kier alpha value is -0.630. The van der Waals surface area contributed by atoms with Gasteiger partial charge in [0.15, 0.2) is 5.78 Å². The van der Waals surface area contributed by atoms with Gasteiger partial charge >= 0.3 is 0 Å². The molecule has 1 aromatic rings. The van der Waals surface area contributed by atoms with Gasteiger partial charge in [-0.05, 0) is 80.9 Å². The molecule has 0 radical (unpaired) electrons. The van der Waals surface area contributed by atoms with Crippen LogP contribution in [0.5, 0.6) is 0 Å². The number of hydrogen-bond donors (Lipinski definition) is 0. The minimum Gasteiger partial charge on any atom is -0.293 e. The van der Waals surface area contributed by atoms with E-state index in [0.29, 0.717) is 5.41 Å². The van der Waals surface area contributed by atoms with Crippen molar-refractivity contribution in [3.8, 4) is 0 Å². The van der Waals surface area contributed by atoms with Crippen molar-refractivity contribution in [2.24, 2.45) is 5.92 Å². The normalized spacial score (nSPS) is 27.9. The van der Waals surface area contributed by atoms with Crippen molar-refractivity contribution in [3.63, 3.8) is 0 Å². The zero-order valence-corrected chi connectivity index (χ0v) is 15.6. The van der Waals surface area contributed by atoms with Crippen molar-refractivity contribution >= 4 is 21.7 Å². The molecule has 22 heavy (non-hydrogen) atoms. The van der Waals surface area contributed by atoms with Gasteiger partial charge in [-0.2, -0.15) is 0 Å². The Labute approximate surface area is 143 Å². The molecule has 1 nitrogen and oxygen atoms in total. The van der Waals surface area contributed by atoms with E-state index in [9.17, 15) is 4.79 Å². The number of alkyl halides is 1. The predicted molar refractivity (Wildman–Crippen MR) is 96.0 cm³/mol. The molecule has 3 rings (SSSR count). The van der Waals surface area contributed by atoms with Crippen LogP contribution < -0.4 is 0 Å². The summed E-state index contributed by atoms with van der Waals surface area (Å²) in [7, 11) is 0. The molecule has 0 atom stereocenters. The second-order valence-corrected chi connectivity index (χ2v) is 9.79. The molecule has 0 N–H and O–H groups in total. The SMILES string of the molecule is CCC1CCC2(CCc3cc(C(=O)C(C)(C)Br)ccc32)CC1. The summed E-state index contributed by atoms with van der Waals surface area (Å²) in [5.41, 5.74) is 4.26. The predicted octanol–water partition coefficient (Wildman–Crippen LogP) is 5.83. The summed E-state index contributed by atoms with van der Waals surface area (Å²) in [4.78, 5) is 12.5. The van der Waals surface area contributed by atoms with Crippen LogP contribution in [-0.4, -0.2) is 10.1 Å². The van der Waals surface area contributed by atoms with E-state index in [-0.39, 0.29) is 5.78 Å². The average molecular weight is 363 g/mol. The lowest BCUT2D eigenvalue weighted by Gasteiger charge is -2.38. The molecule has 2 heteroatoms. The monoisotopic (exact) mass is 362 g/mol. The number of rotatable bonds is 3. The van der Waals surface area contributed by atoms with Crippen molar-refractivity contribution in [3.05, 3.63) is 34.9 Å². The average Bonchev–Trinajstić information content (AvgIpc) is 2.85. The molecule has 2 aliphatic rings. The zero-order valence-electron chi connectivity index (χ0n) is 14.0. The molecular weight excluding hydrogens is 336 g/mol. The van der Waals surface area contributed by atoms with Gasteiger partial charge in [0, 0.05) is 5.56 Å². The van der Waals surface area contributed by atoms with Crippen LogP contribution in [0.4, 0.5) is 0 Å². The fourth-order valence-corrected chi connectivity index (χ4v) is 4.70. The minimum atomic E-state index is -0.475. The molecule has 0 saturated heterocycles. The number of carbonyl (C=O) groups is 1. The number of aryl methyl sites for hydroxylation is 1. The third-order valence-electron chi connectivity index (χ3n) is 5.99. The number of benzene rings is 1. The highest BCUT2D eigenvalue weighted by Gasteiger charge is 2.41. The van der Waals surface area contributed by atoms with Crippen LogP contribution >= 0.6 is 15.9 Å². The van der Waals surface area contributed by atoms with Gasteiger partial charge in [0.1, 0.15) is 0 Å². The largest absolute Gasteiger partial charge is 0.293 e. The lowest BCUT2D eigenvalue weighted by atomic mass is 9.67. The van der Waals surface area contributed by atoms with Crippen molar-refractivity contribution in [2.45, 2.75) is 75.5 Å². The van der Waals surface area contributed by atoms with Crippen LogP contribution in [0, 0.1) is 5.92 Å². The first kappa shape index (κ1) is 16.2. The van der Waals surface area contributed by atoms with Crippen molar-refractivity contribution < 1.29 is 4.79 Å². The second-order valence-electron chi connectivity index (χ2n) is 7.81. The summed E-state index contributed by atoms with van der Waals surface area (Å²) in [6.07, 6.45) is 9.21. The number of fused-ring (bicyclic) bond motifs is 2. The van der Waals surface area contributed by atoms with Gasteiger partial charge in [0.25, 0.3) is 0 Å². The molecule has 0 bridgehead atoms. The highest BCUT2D eigenvalue weighted by atomic mass is 79.9. The molecule has 2 aliphatic carbocycles. The Balaban J connectivity index is 1.86. The van der Waals surface area contributed by atoms with E-state index in [1.807, 2.05) is 13.8 Å². The van der Waals surface area contributed by atoms with E-state index in [2.05, 4.69) is 41.1 Å². The van der Waals surface area contributed by atoms with Gasteiger partial charge in [0.05, 0.1) is 4.32 Å². The van der Waals surface area contributed by atoms with Gasteiger partial charge in [-0.15, -0.1) is 0 Å². The maximum Gasteiger partial charge on any atom is 0.178 e. The Morgan fingerprint density at radius 3 is 2.55 bits per heavy atom. The van der Waals surface area contributed by atoms with E-state index >= 15 is 0 Å². The fraction of sp³-hybridized carbons (Fsp3) is 0.650. The smallest absolute Gasteiger partial charge is 0.178 e. The number of hydrogen-bond acceptors (Lipinski definition) is 1. The topological polar surface area (TPSA) is 17.1 Å². The maximum atomic E-state index is 12.5.